The summed E-state index contributed by atoms with van der Waals surface area (Å²) in [5.74, 6) is 0. The van der Waals surface area contributed by atoms with Gasteiger partial charge in [0.1, 0.15) is 0 Å². The number of hydrogen-bond acceptors (Lipinski definition) is 2. The summed E-state index contributed by atoms with van der Waals surface area (Å²) in [6.45, 7) is 6.46. The largest absolute Gasteiger partial charge is 0.293 e. The van der Waals surface area contributed by atoms with E-state index in [1.807, 2.05) is 12.4 Å². The summed E-state index contributed by atoms with van der Waals surface area (Å²) in [7, 11) is 0. The van der Waals surface area contributed by atoms with Crippen LogP contribution < -0.4 is 0 Å². The van der Waals surface area contributed by atoms with Crippen molar-refractivity contribution in [1.82, 2.24) is 0 Å². The Labute approximate surface area is 187 Å². The fourth-order valence-electron chi connectivity index (χ4n) is 3.68. The first-order chi connectivity index (χ1) is 14.9. The van der Waals surface area contributed by atoms with Crippen molar-refractivity contribution in [3.8, 4) is 0 Å². The molecule has 0 heterocycles. The van der Waals surface area contributed by atoms with Crippen LogP contribution in [0.4, 0.5) is 0 Å². The summed E-state index contributed by atoms with van der Waals surface area (Å²) >= 11 is 0. The van der Waals surface area contributed by atoms with Gasteiger partial charge in [-0.05, 0) is 24.0 Å². The standard InChI is InChI=1S/C28H48N2/c1-3-5-7-9-11-13-15-17-23-29-25-27-19-21-28(22-20-27)26-30-24-18-16-14-12-10-8-6-4-2/h19-22,25-26H,3-18,23-24H2,1-2H3. The van der Waals surface area contributed by atoms with E-state index in [2.05, 4.69) is 48.1 Å². The van der Waals surface area contributed by atoms with E-state index in [4.69, 9.17) is 0 Å². The van der Waals surface area contributed by atoms with Crippen LogP contribution in [0.5, 0.6) is 0 Å². The first-order valence-electron chi connectivity index (χ1n) is 13.0. The molecule has 1 aromatic rings. The fraction of sp³-hybridized carbons (Fsp3) is 0.714. The van der Waals surface area contributed by atoms with E-state index in [1.54, 1.807) is 0 Å². The van der Waals surface area contributed by atoms with E-state index >= 15 is 0 Å². The summed E-state index contributed by atoms with van der Waals surface area (Å²) in [5, 5.41) is 0. The average Bonchev–Trinajstić information content (AvgIpc) is 2.77. The molecule has 2 heteroatoms. The zero-order valence-electron chi connectivity index (χ0n) is 20.1. The molecule has 0 bridgehead atoms. The van der Waals surface area contributed by atoms with E-state index in [1.165, 1.54) is 114 Å². The summed E-state index contributed by atoms with van der Waals surface area (Å²) in [6, 6.07) is 8.59. The molecule has 0 N–H and O–H groups in total. The maximum absolute atomic E-state index is 4.59. The number of nitrogens with zero attached hydrogens (tertiary/aromatic N) is 2. The lowest BCUT2D eigenvalue weighted by Crippen LogP contribution is -1.89. The van der Waals surface area contributed by atoms with Gasteiger partial charge in [0.15, 0.2) is 0 Å². The number of aliphatic imine (C=N–C) groups is 2. The van der Waals surface area contributed by atoms with E-state index < -0.39 is 0 Å². The van der Waals surface area contributed by atoms with Gasteiger partial charge in [-0.25, -0.2) is 0 Å². The smallest absolute Gasteiger partial charge is 0.0389 e. The van der Waals surface area contributed by atoms with E-state index in [0.717, 1.165) is 13.1 Å². The Bertz CT molecular complexity index is 481. The number of rotatable bonds is 20. The minimum atomic E-state index is 0.955. The summed E-state index contributed by atoms with van der Waals surface area (Å²) in [4.78, 5) is 9.17. The molecule has 0 aliphatic rings. The lowest BCUT2D eigenvalue weighted by Gasteiger charge is -2.00. The second-order valence-electron chi connectivity index (χ2n) is 8.69. The van der Waals surface area contributed by atoms with Gasteiger partial charge < -0.3 is 0 Å². The van der Waals surface area contributed by atoms with Crippen LogP contribution in [0.2, 0.25) is 0 Å². The van der Waals surface area contributed by atoms with Gasteiger partial charge in [-0.1, -0.05) is 128 Å². The van der Waals surface area contributed by atoms with Gasteiger partial charge in [-0.15, -0.1) is 0 Å². The van der Waals surface area contributed by atoms with Crippen LogP contribution in [-0.2, 0) is 0 Å². The van der Waals surface area contributed by atoms with Crippen molar-refractivity contribution in [1.29, 1.82) is 0 Å². The van der Waals surface area contributed by atoms with E-state index in [9.17, 15) is 0 Å². The molecule has 0 amide bonds. The topological polar surface area (TPSA) is 24.7 Å². The number of unbranched alkanes of at least 4 members (excludes halogenated alkanes) is 14. The van der Waals surface area contributed by atoms with Crippen molar-refractivity contribution in [3.05, 3.63) is 35.4 Å². The average molecular weight is 413 g/mol. The van der Waals surface area contributed by atoms with Crippen molar-refractivity contribution in [2.24, 2.45) is 9.98 Å². The molecular formula is C28H48N2. The first kappa shape index (κ1) is 26.6. The third kappa shape index (κ3) is 16.4. The number of benzene rings is 1. The van der Waals surface area contributed by atoms with Gasteiger partial charge >= 0.3 is 0 Å². The summed E-state index contributed by atoms with van der Waals surface area (Å²) < 4.78 is 0. The third-order valence-corrected chi connectivity index (χ3v) is 5.70. The zero-order valence-corrected chi connectivity index (χ0v) is 20.1. The van der Waals surface area contributed by atoms with Gasteiger partial charge in [-0.2, -0.15) is 0 Å². The molecule has 0 atom stereocenters. The highest BCUT2D eigenvalue weighted by molar-refractivity contribution is 5.84. The summed E-state index contributed by atoms with van der Waals surface area (Å²) in [5.41, 5.74) is 2.38. The molecule has 0 aliphatic heterocycles. The van der Waals surface area contributed by atoms with Gasteiger partial charge in [0.2, 0.25) is 0 Å². The predicted octanol–water partition coefficient (Wildman–Crippen LogP) is 8.81. The Morgan fingerprint density at radius 2 is 0.767 bits per heavy atom. The minimum absolute atomic E-state index is 0.955. The van der Waals surface area contributed by atoms with E-state index in [0.29, 0.717) is 0 Å². The quantitative estimate of drug-likeness (QED) is 0.151. The normalized spacial score (nSPS) is 11.8. The molecule has 1 aromatic carbocycles. The fourth-order valence-corrected chi connectivity index (χ4v) is 3.68. The second-order valence-corrected chi connectivity index (χ2v) is 8.69. The maximum atomic E-state index is 4.59. The number of hydrogen-bond donors (Lipinski definition) is 0. The van der Waals surface area contributed by atoms with Gasteiger partial charge in [0.25, 0.3) is 0 Å². The van der Waals surface area contributed by atoms with Crippen molar-refractivity contribution in [3.63, 3.8) is 0 Å². The Kier molecular flexibility index (Phi) is 18.5. The molecule has 0 radical (unpaired) electrons. The van der Waals surface area contributed by atoms with Crippen molar-refractivity contribution < 1.29 is 0 Å². The highest BCUT2D eigenvalue weighted by Crippen LogP contribution is 2.09. The zero-order chi connectivity index (χ0) is 21.5. The van der Waals surface area contributed by atoms with Gasteiger partial charge in [0.05, 0.1) is 0 Å². The molecule has 0 unspecified atom stereocenters. The Hall–Kier alpha value is -1.44. The molecule has 170 valence electrons. The lowest BCUT2D eigenvalue weighted by atomic mass is 10.1. The van der Waals surface area contributed by atoms with Crippen LogP contribution in [0.25, 0.3) is 0 Å². The second kappa shape index (κ2) is 20.8. The first-order valence-corrected chi connectivity index (χ1v) is 13.0. The molecule has 1 rings (SSSR count). The van der Waals surface area contributed by atoms with Crippen molar-refractivity contribution >= 4 is 12.4 Å². The molecule has 30 heavy (non-hydrogen) atoms. The Morgan fingerprint density at radius 3 is 1.10 bits per heavy atom. The van der Waals surface area contributed by atoms with Crippen molar-refractivity contribution in [2.75, 3.05) is 13.1 Å². The molecule has 0 aromatic heterocycles. The molecule has 0 fully saturated rings. The monoisotopic (exact) mass is 412 g/mol. The van der Waals surface area contributed by atoms with Crippen LogP contribution in [0, 0.1) is 0 Å². The highest BCUT2D eigenvalue weighted by atomic mass is 14.7. The van der Waals surface area contributed by atoms with Gasteiger partial charge in [0, 0.05) is 25.5 Å². The van der Waals surface area contributed by atoms with Crippen LogP contribution in [0.3, 0.4) is 0 Å². The molecule has 0 saturated carbocycles. The Balaban J connectivity index is 2.04. The maximum Gasteiger partial charge on any atom is 0.0389 e. The minimum Gasteiger partial charge on any atom is -0.293 e. The van der Waals surface area contributed by atoms with Crippen LogP contribution in [0.1, 0.15) is 128 Å². The van der Waals surface area contributed by atoms with Gasteiger partial charge in [-0.3, -0.25) is 9.98 Å². The predicted molar refractivity (Wildman–Crippen MR) is 137 cm³/mol. The third-order valence-electron chi connectivity index (χ3n) is 5.70. The molecule has 0 aliphatic carbocycles. The lowest BCUT2D eigenvalue weighted by molar-refractivity contribution is 0.578. The molecule has 2 nitrogen and oxygen atoms in total. The summed E-state index contributed by atoms with van der Waals surface area (Å²) in [6.07, 6.45) is 25.7. The van der Waals surface area contributed by atoms with Crippen molar-refractivity contribution in [2.45, 2.75) is 117 Å². The highest BCUT2D eigenvalue weighted by Gasteiger charge is 1.93. The Morgan fingerprint density at radius 1 is 0.467 bits per heavy atom. The molecular weight excluding hydrogens is 364 g/mol. The SMILES string of the molecule is CCCCCCCCCCN=Cc1ccc(C=NCCCCCCCCCC)cc1. The molecule has 0 saturated heterocycles. The molecule has 0 spiro atoms. The van der Waals surface area contributed by atoms with Crippen LogP contribution >= 0.6 is 0 Å². The van der Waals surface area contributed by atoms with E-state index in [-0.39, 0.29) is 0 Å². The van der Waals surface area contributed by atoms with Crippen LogP contribution in [-0.4, -0.2) is 25.5 Å². The van der Waals surface area contributed by atoms with Crippen LogP contribution in [0.15, 0.2) is 34.3 Å².